The van der Waals surface area contributed by atoms with Gasteiger partial charge in [-0.25, -0.2) is 9.78 Å². The third-order valence-electron chi connectivity index (χ3n) is 7.34. The molecule has 35 heavy (non-hydrogen) atoms. The predicted molar refractivity (Wildman–Crippen MR) is 129 cm³/mol. The normalized spacial score (nSPS) is 21.7. The zero-order chi connectivity index (χ0) is 24.1. The van der Waals surface area contributed by atoms with Crippen LogP contribution in [0.5, 0.6) is 0 Å². The maximum atomic E-state index is 12.7. The lowest BCUT2D eigenvalue weighted by atomic mass is 9.74. The molecular weight excluding hydrogens is 466 g/mol. The van der Waals surface area contributed by atoms with Crippen LogP contribution in [-0.4, -0.2) is 52.2 Å². The molecule has 3 aromatic rings. The van der Waals surface area contributed by atoms with Gasteiger partial charge in [0.25, 0.3) is 0 Å². The number of benzene rings is 2. The minimum atomic E-state index is -0.829. The van der Waals surface area contributed by atoms with Crippen molar-refractivity contribution in [3.8, 4) is 11.1 Å². The fourth-order valence-electron chi connectivity index (χ4n) is 5.70. The SMILES string of the molecule is O=C(Nc1nc(CC(=O)N2CC3CC2C3C(=O)O)cs1)OCC1c2ccccc2-c2ccccc21. The van der Waals surface area contributed by atoms with Crippen molar-refractivity contribution in [3.05, 3.63) is 70.7 Å². The minimum Gasteiger partial charge on any atom is -0.481 e. The number of carbonyl (C=O) groups excluding carboxylic acids is 2. The molecule has 3 fully saturated rings. The van der Waals surface area contributed by atoms with Crippen LogP contribution >= 0.6 is 11.3 Å². The number of ether oxygens (including phenoxy) is 1. The van der Waals surface area contributed by atoms with Crippen molar-refractivity contribution >= 4 is 34.4 Å². The number of amides is 2. The van der Waals surface area contributed by atoms with Crippen LogP contribution in [0.25, 0.3) is 11.1 Å². The molecule has 0 spiro atoms. The Bertz CT molecular complexity index is 1290. The largest absolute Gasteiger partial charge is 0.481 e. The van der Waals surface area contributed by atoms with Crippen LogP contribution in [-0.2, 0) is 20.7 Å². The Morgan fingerprint density at radius 1 is 1.09 bits per heavy atom. The van der Waals surface area contributed by atoms with Gasteiger partial charge in [-0.15, -0.1) is 11.3 Å². The van der Waals surface area contributed by atoms with E-state index in [0.29, 0.717) is 17.4 Å². The highest BCUT2D eigenvalue weighted by atomic mass is 32.1. The summed E-state index contributed by atoms with van der Waals surface area (Å²) in [6, 6.07) is 16.1. The number of nitrogens with zero attached hydrogens (tertiary/aromatic N) is 2. The van der Waals surface area contributed by atoms with Gasteiger partial charge in [0.2, 0.25) is 5.91 Å². The van der Waals surface area contributed by atoms with E-state index >= 15 is 0 Å². The predicted octanol–water partition coefficient (Wildman–Crippen LogP) is 3.98. The average Bonchev–Trinajstić information content (AvgIpc) is 3.59. The number of hydrogen-bond donors (Lipinski definition) is 2. The van der Waals surface area contributed by atoms with Gasteiger partial charge < -0.3 is 14.7 Å². The van der Waals surface area contributed by atoms with Crippen molar-refractivity contribution in [1.29, 1.82) is 0 Å². The van der Waals surface area contributed by atoms with Gasteiger partial charge in [-0.2, -0.15) is 0 Å². The second-order valence-electron chi connectivity index (χ2n) is 9.24. The second kappa shape index (κ2) is 8.49. The Kier molecular flexibility index (Phi) is 5.29. The van der Waals surface area contributed by atoms with E-state index in [9.17, 15) is 19.5 Å². The zero-order valence-electron chi connectivity index (χ0n) is 18.7. The first kappa shape index (κ1) is 21.8. The number of carboxylic acids is 1. The van der Waals surface area contributed by atoms with E-state index in [1.54, 1.807) is 10.3 Å². The van der Waals surface area contributed by atoms with Crippen molar-refractivity contribution in [2.24, 2.45) is 11.8 Å². The van der Waals surface area contributed by atoms with Crippen LogP contribution in [0.1, 0.15) is 29.2 Å². The summed E-state index contributed by atoms with van der Waals surface area (Å²) in [5.41, 5.74) is 5.15. The number of aliphatic carboxylic acids is 1. The van der Waals surface area contributed by atoms with Gasteiger partial charge in [-0.1, -0.05) is 48.5 Å². The molecule has 3 heterocycles. The molecule has 2 aliphatic carbocycles. The first-order valence-corrected chi connectivity index (χ1v) is 12.5. The quantitative estimate of drug-likeness (QED) is 0.542. The van der Waals surface area contributed by atoms with E-state index in [4.69, 9.17) is 4.74 Å². The lowest BCUT2D eigenvalue weighted by Gasteiger charge is -2.32. The van der Waals surface area contributed by atoms with Gasteiger partial charge >= 0.3 is 12.1 Å². The molecule has 7 rings (SSSR count). The molecule has 2 bridgehead atoms. The highest BCUT2D eigenvalue weighted by molar-refractivity contribution is 7.13. The van der Waals surface area contributed by atoms with Crippen LogP contribution in [0.4, 0.5) is 9.93 Å². The molecule has 1 saturated carbocycles. The fraction of sp³-hybridized carbons (Fsp3) is 0.308. The van der Waals surface area contributed by atoms with Crippen LogP contribution in [0.2, 0.25) is 0 Å². The molecule has 0 radical (unpaired) electrons. The first-order valence-electron chi connectivity index (χ1n) is 11.6. The number of carboxylic acid groups (broad SMARTS) is 1. The molecule has 2 aromatic carbocycles. The highest BCUT2D eigenvalue weighted by Crippen LogP contribution is 2.47. The van der Waals surface area contributed by atoms with E-state index in [0.717, 1.165) is 28.7 Å². The van der Waals surface area contributed by atoms with E-state index in [-0.39, 0.29) is 36.8 Å². The van der Waals surface area contributed by atoms with E-state index < -0.39 is 18.0 Å². The molecule has 1 aromatic heterocycles. The summed E-state index contributed by atoms with van der Waals surface area (Å²) < 4.78 is 5.55. The van der Waals surface area contributed by atoms with Gasteiger partial charge in [-0.3, -0.25) is 14.9 Å². The fourth-order valence-corrected chi connectivity index (χ4v) is 6.39. The summed E-state index contributed by atoms with van der Waals surface area (Å²) in [7, 11) is 0. The van der Waals surface area contributed by atoms with Crippen molar-refractivity contribution in [2.75, 3.05) is 18.5 Å². The Morgan fingerprint density at radius 2 is 1.77 bits per heavy atom. The number of thiazole rings is 1. The van der Waals surface area contributed by atoms with Gasteiger partial charge in [-0.05, 0) is 34.6 Å². The lowest BCUT2D eigenvalue weighted by Crippen LogP contribution is -2.45. The number of aromatic nitrogens is 1. The third kappa shape index (κ3) is 3.76. The molecule has 2 amide bonds. The Morgan fingerprint density at radius 3 is 2.43 bits per heavy atom. The molecule has 9 heteroatoms. The second-order valence-corrected chi connectivity index (χ2v) is 10.1. The first-order chi connectivity index (χ1) is 17.0. The Hall–Kier alpha value is -3.72. The topological polar surface area (TPSA) is 109 Å². The maximum Gasteiger partial charge on any atom is 0.413 e. The average molecular weight is 490 g/mol. The molecule has 4 aliphatic rings. The highest BCUT2D eigenvalue weighted by Gasteiger charge is 2.56. The summed E-state index contributed by atoms with van der Waals surface area (Å²) in [6.45, 7) is 0.703. The number of rotatable bonds is 6. The van der Waals surface area contributed by atoms with Crippen LogP contribution < -0.4 is 5.32 Å². The maximum absolute atomic E-state index is 12.7. The molecule has 2 N–H and O–H groups in total. The lowest BCUT2D eigenvalue weighted by molar-refractivity contribution is -0.148. The molecule has 3 unspecified atom stereocenters. The van der Waals surface area contributed by atoms with Crippen LogP contribution in [0.15, 0.2) is 53.9 Å². The van der Waals surface area contributed by atoms with Gasteiger partial charge in [0.15, 0.2) is 5.13 Å². The molecule has 3 atom stereocenters. The smallest absolute Gasteiger partial charge is 0.413 e. The number of hydrogen-bond acceptors (Lipinski definition) is 6. The van der Waals surface area contributed by atoms with E-state index in [1.807, 2.05) is 24.3 Å². The Balaban J connectivity index is 1.05. The standard InChI is InChI=1S/C26H23N3O5S/c30-22(29-11-14-9-21(29)23(14)24(31)32)10-15-13-35-25(27-15)28-26(33)34-12-20-18-7-3-1-5-16(18)17-6-2-4-8-19(17)20/h1-8,13-14,20-21,23H,9-12H2,(H,31,32)(H,27,28,33). The summed E-state index contributed by atoms with van der Waals surface area (Å²) in [5.74, 6) is -1.37. The van der Waals surface area contributed by atoms with Gasteiger partial charge in [0.1, 0.15) is 6.61 Å². The number of anilines is 1. The summed E-state index contributed by atoms with van der Waals surface area (Å²) in [5, 5.41) is 14.0. The summed E-state index contributed by atoms with van der Waals surface area (Å²) in [6.07, 6.45) is 0.246. The van der Waals surface area contributed by atoms with Gasteiger partial charge in [0, 0.05) is 23.9 Å². The van der Waals surface area contributed by atoms with Crippen molar-refractivity contribution in [2.45, 2.75) is 24.8 Å². The monoisotopic (exact) mass is 489 g/mol. The zero-order valence-corrected chi connectivity index (χ0v) is 19.5. The minimum absolute atomic E-state index is 0.0287. The summed E-state index contributed by atoms with van der Waals surface area (Å²) >= 11 is 1.23. The van der Waals surface area contributed by atoms with Crippen molar-refractivity contribution < 1.29 is 24.2 Å². The molecule has 2 saturated heterocycles. The van der Waals surface area contributed by atoms with Gasteiger partial charge in [0.05, 0.1) is 18.0 Å². The number of fused-ring (bicyclic) bond motifs is 4. The van der Waals surface area contributed by atoms with Crippen LogP contribution in [0.3, 0.4) is 0 Å². The number of carbonyl (C=O) groups is 3. The van der Waals surface area contributed by atoms with E-state index in [1.165, 1.54) is 11.3 Å². The van der Waals surface area contributed by atoms with E-state index in [2.05, 4.69) is 34.6 Å². The molecule has 178 valence electrons. The van der Waals surface area contributed by atoms with Crippen molar-refractivity contribution in [3.63, 3.8) is 0 Å². The molecular formula is C26H23N3O5S. The molecule has 2 aliphatic heterocycles. The Labute approximate surface area is 205 Å². The molecule has 8 nitrogen and oxygen atoms in total. The third-order valence-corrected chi connectivity index (χ3v) is 8.15. The number of nitrogens with one attached hydrogen (secondary N) is 1. The van der Waals surface area contributed by atoms with Crippen LogP contribution in [0, 0.1) is 11.8 Å². The van der Waals surface area contributed by atoms with Crippen molar-refractivity contribution in [1.82, 2.24) is 9.88 Å². The summed E-state index contributed by atoms with van der Waals surface area (Å²) in [4.78, 5) is 42.5.